The van der Waals surface area contributed by atoms with Gasteiger partial charge in [-0.05, 0) is 23.6 Å². The van der Waals surface area contributed by atoms with E-state index in [-0.39, 0.29) is 18.0 Å². The second-order valence-electron chi connectivity index (χ2n) is 4.29. The number of aliphatic hydroxyl groups excluding tert-OH is 1. The van der Waals surface area contributed by atoms with Crippen LogP contribution in [0.5, 0.6) is 0 Å². The summed E-state index contributed by atoms with van der Waals surface area (Å²) in [5.41, 5.74) is -0.00109. The molecule has 0 bridgehead atoms. The number of hydrogen-bond donors (Lipinski definition) is 2. The number of sulfonamides is 1. The predicted octanol–water partition coefficient (Wildman–Crippen LogP) is 1.39. The third kappa shape index (κ3) is 3.47. The predicted molar refractivity (Wildman–Crippen MR) is 62.3 cm³/mol. The van der Waals surface area contributed by atoms with Crippen molar-refractivity contribution in [1.82, 2.24) is 4.72 Å². The maximum atomic E-state index is 13.5. The van der Waals surface area contributed by atoms with Crippen molar-refractivity contribution in [1.29, 1.82) is 0 Å². The summed E-state index contributed by atoms with van der Waals surface area (Å²) in [6.07, 6.45) is 0. The number of rotatable bonds is 5. The van der Waals surface area contributed by atoms with Crippen molar-refractivity contribution >= 4 is 10.0 Å². The molecule has 0 saturated carbocycles. The van der Waals surface area contributed by atoms with Gasteiger partial charge in [0.05, 0.1) is 6.61 Å². The van der Waals surface area contributed by atoms with E-state index < -0.39 is 33.2 Å². The molecule has 0 radical (unpaired) electrons. The highest BCUT2D eigenvalue weighted by atomic mass is 32.2. The van der Waals surface area contributed by atoms with Gasteiger partial charge in [-0.3, -0.25) is 0 Å². The Kier molecular flexibility index (Phi) is 4.78. The van der Waals surface area contributed by atoms with Gasteiger partial charge in [0.25, 0.3) is 0 Å². The van der Waals surface area contributed by atoms with Crippen molar-refractivity contribution < 1.29 is 22.3 Å². The highest BCUT2D eigenvalue weighted by molar-refractivity contribution is 7.89. The van der Waals surface area contributed by atoms with Crippen molar-refractivity contribution in [2.75, 3.05) is 6.54 Å². The molecule has 0 fully saturated rings. The molecule has 0 aliphatic rings. The SMILES string of the molecule is CC(C)CNS(=O)(=O)c1cc(CO)cc(F)c1F. The lowest BCUT2D eigenvalue weighted by atomic mass is 10.2. The van der Waals surface area contributed by atoms with Gasteiger partial charge in [0.2, 0.25) is 10.0 Å². The molecule has 4 nitrogen and oxygen atoms in total. The molecule has 1 aromatic carbocycles. The molecular weight excluding hydrogens is 264 g/mol. The maximum absolute atomic E-state index is 13.5. The van der Waals surface area contributed by atoms with Crippen molar-refractivity contribution in [2.45, 2.75) is 25.3 Å². The Hall–Kier alpha value is -1.05. The Morgan fingerprint density at radius 2 is 1.94 bits per heavy atom. The number of hydrogen-bond acceptors (Lipinski definition) is 3. The van der Waals surface area contributed by atoms with Gasteiger partial charge in [0.15, 0.2) is 11.6 Å². The highest BCUT2D eigenvalue weighted by Gasteiger charge is 2.22. The van der Waals surface area contributed by atoms with Crippen LogP contribution in [-0.2, 0) is 16.6 Å². The lowest BCUT2D eigenvalue weighted by molar-refractivity contribution is 0.280. The molecule has 7 heteroatoms. The fourth-order valence-corrected chi connectivity index (χ4v) is 2.61. The molecular formula is C11H15F2NO3S. The molecule has 0 atom stereocenters. The first-order valence-corrected chi connectivity index (χ1v) is 6.84. The zero-order chi connectivity index (χ0) is 13.9. The Morgan fingerprint density at radius 3 is 2.44 bits per heavy atom. The summed E-state index contributed by atoms with van der Waals surface area (Å²) >= 11 is 0. The topological polar surface area (TPSA) is 66.4 Å². The monoisotopic (exact) mass is 279 g/mol. The average Bonchev–Trinajstić information content (AvgIpc) is 2.29. The van der Waals surface area contributed by atoms with Crippen molar-refractivity contribution in [2.24, 2.45) is 5.92 Å². The highest BCUT2D eigenvalue weighted by Crippen LogP contribution is 2.20. The van der Waals surface area contributed by atoms with E-state index in [0.29, 0.717) is 0 Å². The molecule has 0 unspecified atom stereocenters. The lowest BCUT2D eigenvalue weighted by Gasteiger charge is -2.11. The standard InChI is InChI=1S/C11H15F2NO3S/c1-7(2)5-14-18(16,17)10-4-8(6-15)3-9(12)11(10)13/h3-4,7,14-15H,5-6H2,1-2H3. The van der Waals surface area contributed by atoms with Crippen LogP contribution in [-0.4, -0.2) is 20.1 Å². The van der Waals surface area contributed by atoms with Crippen LogP contribution in [0.25, 0.3) is 0 Å². The molecule has 0 aliphatic heterocycles. The molecule has 1 rings (SSSR count). The van der Waals surface area contributed by atoms with Crippen LogP contribution in [0.3, 0.4) is 0 Å². The molecule has 0 spiro atoms. The number of nitrogens with one attached hydrogen (secondary N) is 1. The third-order valence-corrected chi connectivity index (χ3v) is 3.63. The zero-order valence-corrected chi connectivity index (χ0v) is 10.9. The van der Waals surface area contributed by atoms with E-state index in [2.05, 4.69) is 4.72 Å². The van der Waals surface area contributed by atoms with Crippen LogP contribution in [0.1, 0.15) is 19.4 Å². The van der Waals surface area contributed by atoms with Gasteiger partial charge in [0.1, 0.15) is 4.90 Å². The number of benzene rings is 1. The van der Waals surface area contributed by atoms with E-state index in [0.717, 1.165) is 12.1 Å². The van der Waals surface area contributed by atoms with Crippen LogP contribution in [0.4, 0.5) is 8.78 Å². The van der Waals surface area contributed by atoms with Gasteiger partial charge < -0.3 is 5.11 Å². The molecule has 1 aromatic rings. The third-order valence-electron chi connectivity index (χ3n) is 2.21. The van der Waals surface area contributed by atoms with E-state index in [1.54, 1.807) is 13.8 Å². The largest absolute Gasteiger partial charge is 0.392 e. The quantitative estimate of drug-likeness (QED) is 0.856. The molecule has 102 valence electrons. The summed E-state index contributed by atoms with van der Waals surface area (Å²) in [6.45, 7) is 3.11. The maximum Gasteiger partial charge on any atom is 0.243 e. The van der Waals surface area contributed by atoms with Crippen LogP contribution < -0.4 is 4.72 Å². The van der Waals surface area contributed by atoms with E-state index in [9.17, 15) is 17.2 Å². The Morgan fingerprint density at radius 1 is 1.33 bits per heavy atom. The number of halogens is 2. The van der Waals surface area contributed by atoms with Gasteiger partial charge in [-0.15, -0.1) is 0 Å². The van der Waals surface area contributed by atoms with E-state index in [1.165, 1.54) is 0 Å². The molecule has 0 aromatic heterocycles. The van der Waals surface area contributed by atoms with Crippen LogP contribution in [0.2, 0.25) is 0 Å². The summed E-state index contributed by atoms with van der Waals surface area (Å²) in [5, 5.41) is 8.86. The smallest absolute Gasteiger partial charge is 0.243 e. The minimum atomic E-state index is -4.12. The first-order valence-electron chi connectivity index (χ1n) is 5.36. The first-order chi connectivity index (χ1) is 8.27. The van der Waals surface area contributed by atoms with Gasteiger partial charge in [-0.2, -0.15) is 0 Å². The molecule has 0 heterocycles. The van der Waals surface area contributed by atoms with Gasteiger partial charge in [-0.25, -0.2) is 21.9 Å². The Bertz CT molecular complexity index is 529. The van der Waals surface area contributed by atoms with Crippen molar-refractivity contribution in [3.63, 3.8) is 0 Å². The fraction of sp³-hybridized carbons (Fsp3) is 0.455. The van der Waals surface area contributed by atoms with Gasteiger partial charge in [0, 0.05) is 6.54 Å². The average molecular weight is 279 g/mol. The molecule has 0 amide bonds. The van der Waals surface area contributed by atoms with E-state index in [1.807, 2.05) is 0 Å². The van der Waals surface area contributed by atoms with E-state index >= 15 is 0 Å². The zero-order valence-electron chi connectivity index (χ0n) is 10.1. The normalized spacial score (nSPS) is 12.1. The summed E-state index contributed by atoms with van der Waals surface area (Å²) in [4.78, 5) is -0.785. The van der Waals surface area contributed by atoms with Crippen molar-refractivity contribution in [3.05, 3.63) is 29.3 Å². The summed E-state index contributed by atoms with van der Waals surface area (Å²) in [6, 6.07) is 1.68. The molecule has 0 saturated heterocycles. The molecule has 0 aliphatic carbocycles. The first kappa shape index (κ1) is 15.0. The summed E-state index contributed by atoms with van der Waals surface area (Å²) in [5.74, 6) is -2.70. The minimum absolute atomic E-state index is 0.00109. The Labute approximate surface area is 105 Å². The van der Waals surface area contributed by atoms with E-state index in [4.69, 9.17) is 5.11 Å². The van der Waals surface area contributed by atoms with Crippen LogP contribution in [0, 0.1) is 17.6 Å². The lowest BCUT2D eigenvalue weighted by Crippen LogP contribution is -2.28. The minimum Gasteiger partial charge on any atom is -0.392 e. The Balaban J connectivity index is 3.19. The molecule has 18 heavy (non-hydrogen) atoms. The summed E-state index contributed by atoms with van der Waals surface area (Å²) in [7, 11) is -4.12. The van der Waals surface area contributed by atoms with Crippen LogP contribution in [0.15, 0.2) is 17.0 Å². The fourth-order valence-electron chi connectivity index (χ4n) is 1.26. The van der Waals surface area contributed by atoms with Crippen LogP contribution >= 0.6 is 0 Å². The second kappa shape index (κ2) is 5.73. The van der Waals surface area contributed by atoms with Gasteiger partial charge >= 0.3 is 0 Å². The second-order valence-corrected chi connectivity index (χ2v) is 6.03. The molecule has 2 N–H and O–H groups in total. The van der Waals surface area contributed by atoms with Gasteiger partial charge in [-0.1, -0.05) is 13.8 Å². The summed E-state index contributed by atoms with van der Waals surface area (Å²) < 4.78 is 52.4. The van der Waals surface area contributed by atoms with Crippen molar-refractivity contribution in [3.8, 4) is 0 Å². The number of aliphatic hydroxyl groups is 1.